The highest BCUT2D eigenvalue weighted by atomic mass is 35.5. The maximum Gasteiger partial charge on any atom is 0.0705 e. The van der Waals surface area contributed by atoms with Crippen molar-refractivity contribution in [3.05, 3.63) is 46.7 Å². The summed E-state index contributed by atoms with van der Waals surface area (Å²) >= 11 is 6.29. The average Bonchev–Trinajstić information content (AvgIpc) is 2.82. The number of aromatic nitrogens is 2. The summed E-state index contributed by atoms with van der Waals surface area (Å²) in [6.45, 7) is 4.18. The quantitative estimate of drug-likeness (QED) is 0.826. The highest BCUT2D eigenvalue weighted by Crippen LogP contribution is 2.23. The molecule has 1 heterocycles. The maximum atomic E-state index is 6.29. The van der Waals surface area contributed by atoms with Gasteiger partial charge in [0.15, 0.2) is 0 Å². The van der Waals surface area contributed by atoms with E-state index >= 15 is 0 Å². The Kier molecular flexibility index (Phi) is 4.96. The molecule has 5 heteroatoms. The Morgan fingerprint density at radius 1 is 1.42 bits per heavy atom. The molecule has 4 nitrogen and oxygen atoms in total. The molecule has 102 valence electrons. The third-order valence-electron chi connectivity index (χ3n) is 2.84. The van der Waals surface area contributed by atoms with Gasteiger partial charge in [-0.2, -0.15) is 5.10 Å². The van der Waals surface area contributed by atoms with Crippen LogP contribution in [0.4, 0.5) is 0 Å². The lowest BCUT2D eigenvalue weighted by atomic mass is 10.1. The van der Waals surface area contributed by atoms with E-state index < -0.39 is 0 Å². The van der Waals surface area contributed by atoms with Gasteiger partial charge < -0.3 is 10.1 Å². The van der Waals surface area contributed by atoms with E-state index in [1.54, 1.807) is 7.11 Å². The summed E-state index contributed by atoms with van der Waals surface area (Å²) in [5, 5.41) is 8.39. The van der Waals surface area contributed by atoms with Gasteiger partial charge in [0.1, 0.15) is 0 Å². The minimum absolute atomic E-state index is 0.681. The van der Waals surface area contributed by atoms with E-state index in [-0.39, 0.29) is 0 Å². The topological polar surface area (TPSA) is 39.1 Å². The standard InChI is InChI=1S/C14H18ClN3O/c1-11-8-17-18(10-11)14-5-3-4-13(15)12(14)9-16-6-7-19-2/h3-5,8,10,16H,6-7,9H2,1-2H3. The zero-order chi connectivity index (χ0) is 13.7. The molecule has 1 aromatic carbocycles. The van der Waals surface area contributed by atoms with Crippen LogP contribution in [0.2, 0.25) is 5.02 Å². The van der Waals surface area contributed by atoms with Gasteiger partial charge in [-0.25, -0.2) is 4.68 Å². The first-order valence-electron chi connectivity index (χ1n) is 6.21. The minimum Gasteiger partial charge on any atom is -0.383 e. The Labute approximate surface area is 118 Å². The zero-order valence-electron chi connectivity index (χ0n) is 11.2. The van der Waals surface area contributed by atoms with Gasteiger partial charge in [-0.15, -0.1) is 0 Å². The van der Waals surface area contributed by atoms with Crippen LogP contribution in [0.5, 0.6) is 0 Å². The van der Waals surface area contributed by atoms with Crippen molar-refractivity contribution < 1.29 is 4.74 Å². The molecule has 0 atom stereocenters. The fourth-order valence-electron chi connectivity index (χ4n) is 1.87. The van der Waals surface area contributed by atoms with Crippen molar-refractivity contribution in [3.8, 4) is 5.69 Å². The van der Waals surface area contributed by atoms with E-state index in [9.17, 15) is 0 Å². The molecule has 2 aromatic rings. The fourth-order valence-corrected chi connectivity index (χ4v) is 2.11. The molecule has 1 aromatic heterocycles. The van der Waals surface area contributed by atoms with Gasteiger partial charge in [-0.05, 0) is 24.6 Å². The first-order valence-corrected chi connectivity index (χ1v) is 6.59. The molecule has 0 bridgehead atoms. The molecule has 0 radical (unpaired) electrons. The molecule has 0 aliphatic rings. The number of nitrogens with zero attached hydrogens (tertiary/aromatic N) is 2. The van der Waals surface area contributed by atoms with Crippen molar-refractivity contribution in [2.45, 2.75) is 13.5 Å². The molecule has 0 saturated carbocycles. The summed E-state index contributed by atoms with van der Waals surface area (Å²) in [7, 11) is 1.69. The van der Waals surface area contributed by atoms with Crippen molar-refractivity contribution >= 4 is 11.6 Å². The van der Waals surface area contributed by atoms with Crippen LogP contribution in [0.25, 0.3) is 5.69 Å². The van der Waals surface area contributed by atoms with Gasteiger partial charge in [-0.3, -0.25) is 0 Å². The van der Waals surface area contributed by atoms with Gasteiger partial charge in [0.25, 0.3) is 0 Å². The Hall–Kier alpha value is -1.36. The van der Waals surface area contributed by atoms with E-state index in [4.69, 9.17) is 16.3 Å². The average molecular weight is 280 g/mol. The van der Waals surface area contributed by atoms with Gasteiger partial charge in [0.05, 0.1) is 18.5 Å². The molecular weight excluding hydrogens is 262 g/mol. The lowest BCUT2D eigenvalue weighted by molar-refractivity contribution is 0.199. The summed E-state index contributed by atoms with van der Waals surface area (Å²) in [5.41, 5.74) is 3.17. The van der Waals surface area contributed by atoms with E-state index in [1.807, 2.05) is 42.2 Å². The monoisotopic (exact) mass is 279 g/mol. The van der Waals surface area contributed by atoms with Crippen LogP contribution in [-0.4, -0.2) is 30.0 Å². The second-order valence-electron chi connectivity index (χ2n) is 4.37. The van der Waals surface area contributed by atoms with Crippen LogP contribution >= 0.6 is 11.6 Å². The predicted molar refractivity (Wildman–Crippen MR) is 76.9 cm³/mol. The molecule has 0 spiro atoms. The Balaban J connectivity index is 2.21. The summed E-state index contributed by atoms with van der Waals surface area (Å²) in [6, 6.07) is 5.85. The van der Waals surface area contributed by atoms with Gasteiger partial charge in [0.2, 0.25) is 0 Å². The first-order chi connectivity index (χ1) is 9.22. The molecule has 0 fully saturated rings. The number of methoxy groups -OCH3 is 1. The number of aryl methyl sites for hydroxylation is 1. The number of hydrogen-bond donors (Lipinski definition) is 1. The number of ether oxygens (including phenoxy) is 1. The fraction of sp³-hybridized carbons (Fsp3) is 0.357. The third-order valence-corrected chi connectivity index (χ3v) is 3.19. The zero-order valence-corrected chi connectivity index (χ0v) is 11.9. The molecule has 1 N–H and O–H groups in total. The Bertz CT molecular complexity index is 539. The van der Waals surface area contributed by atoms with Crippen LogP contribution in [-0.2, 0) is 11.3 Å². The van der Waals surface area contributed by atoms with Crippen molar-refractivity contribution in [1.29, 1.82) is 0 Å². The number of hydrogen-bond acceptors (Lipinski definition) is 3. The molecule has 0 aliphatic heterocycles. The number of halogens is 1. The highest BCUT2D eigenvalue weighted by Gasteiger charge is 2.09. The molecule has 19 heavy (non-hydrogen) atoms. The van der Waals surface area contributed by atoms with Crippen molar-refractivity contribution in [2.24, 2.45) is 0 Å². The molecule has 0 amide bonds. The number of benzene rings is 1. The van der Waals surface area contributed by atoms with Crippen molar-refractivity contribution in [3.63, 3.8) is 0 Å². The summed E-state index contributed by atoms with van der Waals surface area (Å²) in [4.78, 5) is 0. The Morgan fingerprint density at radius 3 is 2.95 bits per heavy atom. The number of rotatable bonds is 6. The largest absolute Gasteiger partial charge is 0.383 e. The summed E-state index contributed by atoms with van der Waals surface area (Å²) in [6.07, 6.45) is 3.83. The second kappa shape index (κ2) is 6.70. The van der Waals surface area contributed by atoms with Gasteiger partial charge >= 0.3 is 0 Å². The van der Waals surface area contributed by atoms with Crippen molar-refractivity contribution in [1.82, 2.24) is 15.1 Å². The number of nitrogens with one attached hydrogen (secondary N) is 1. The van der Waals surface area contributed by atoms with Crippen LogP contribution in [0.3, 0.4) is 0 Å². The maximum absolute atomic E-state index is 6.29. The molecule has 0 aliphatic carbocycles. The summed E-state index contributed by atoms with van der Waals surface area (Å²) < 4.78 is 6.87. The first kappa shape index (κ1) is 14.1. The van der Waals surface area contributed by atoms with E-state index in [0.29, 0.717) is 13.2 Å². The van der Waals surface area contributed by atoms with Gasteiger partial charge in [-0.1, -0.05) is 17.7 Å². The van der Waals surface area contributed by atoms with Crippen LogP contribution in [0.15, 0.2) is 30.6 Å². The lowest BCUT2D eigenvalue weighted by Crippen LogP contribution is -2.20. The van der Waals surface area contributed by atoms with Crippen molar-refractivity contribution in [2.75, 3.05) is 20.3 Å². The van der Waals surface area contributed by atoms with Crippen LogP contribution in [0, 0.1) is 6.92 Å². The van der Waals surface area contributed by atoms with Crippen LogP contribution < -0.4 is 5.32 Å². The molecule has 2 rings (SSSR count). The SMILES string of the molecule is COCCNCc1c(Cl)cccc1-n1cc(C)cn1. The molecule has 0 unspecified atom stereocenters. The smallest absolute Gasteiger partial charge is 0.0705 e. The van der Waals surface area contributed by atoms with Crippen LogP contribution in [0.1, 0.15) is 11.1 Å². The summed E-state index contributed by atoms with van der Waals surface area (Å²) in [5.74, 6) is 0. The Morgan fingerprint density at radius 2 is 2.26 bits per heavy atom. The lowest BCUT2D eigenvalue weighted by Gasteiger charge is -2.12. The van der Waals surface area contributed by atoms with E-state index in [1.165, 1.54) is 0 Å². The predicted octanol–water partition coefficient (Wildman–Crippen LogP) is 2.57. The third kappa shape index (κ3) is 3.56. The molecule has 0 saturated heterocycles. The minimum atomic E-state index is 0.681. The van der Waals surface area contributed by atoms with Gasteiger partial charge in [0, 0.05) is 37.0 Å². The van der Waals surface area contributed by atoms with E-state index in [2.05, 4.69) is 10.4 Å². The molecular formula is C14H18ClN3O. The second-order valence-corrected chi connectivity index (χ2v) is 4.78. The van der Waals surface area contributed by atoms with E-state index in [0.717, 1.165) is 28.4 Å². The normalized spacial score (nSPS) is 10.9. The highest BCUT2D eigenvalue weighted by molar-refractivity contribution is 6.31.